The van der Waals surface area contributed by atoms with Crippen LogP contribution in [0.2, 0.25) is 5.15 Å². The Kier molecular flexibility index (Phi) is 4.96. The highest BCUT2D eigenvalue weighted by molar-refractivity contribution is 6.29. The largest absolute Gasteiger partial charge is 0.485 e. The van der Waals surface area contributed by atoms with Crippen LogP contribution in [0.25, 0.3) is 0 Å². The molecule has 1 unspecified atom stereocenters. The predicted molar refractivity (Wildman–Crippen MR) is 81.3 cm³/mol. The van der Waals surface area contributed by atoms with Gasteiger partial charge >= 0.3 is 0 Å². The van der Waals surface area contributed by atoms with E-state index in [1.165, 1.54) is 5.56 Å². The van der Waals surface area contributed by atoms with Crippen LogP contribution >= 0.6 is 11.6 Å². The third-order valence-corrected chi connectivity index (χ3v) is 3.48. The Hall–Kier alpha value is -1.61. The predicted octanol–water partition coefficient (Wildman–Crippen LogP) is 4.53. The van der Waals surface area contributed by atoms with Gasteiger partial charge in [0.25, 0.3) is 0 Å². The summed E-state index contributed by atoms with van der Waals surface area (Å²) in [6.45, 7) is 6.59. The third kappa shape index (κ3) is 3.70. The van der Waals surface area contributed by atoms with E-state index in [4.69, 9.17) is 16.3 Å². The lowest BCUT2D eigenvalue weighted by Crippen LogP contribution is -2.05. The van der Waals surface area contributed by atoms with Crippen molar-refractivity contribution >= 4 is 11.6 Å². The topological polar surface area (TPSA) is 35.0 Å². The summed E-state index contributed by atoms with van der Waals surface area (Å²) in [5.74, 6) is 1.96. The molecule has 0 radical (unpaired) electrons. The number of hydrogen-bond acceptors (Lipinski definition) is 3. The molecule has 0 saturated carbocycles. The molecule has 0 saturated heterocycles. The van der Waals surface area contributed by atoms with Crippen LogP contribution in [-0.4, -0.2) is 9.97 Å². The molecule has 0 N–H and O–H groups in total. The number of ether oxygens (including phenoxy) is 1. The number of halogens is 1. The van der Waals surface area contributed by atoms with E-state index in [0.717, 1.165) is 17.9 Å². The first-order valence-electron chi connectivity index (χ1n) is 6.82. The van der Waals surface area contributed by atoms with Crippen molar-refractivity contribution in [1.82, 2.24) is 9.97 Å². The first kappa shape index (κ1) is 14.8. The quantitative estimate of drug-likeness (QED) is 0.759. The molecule has 106 valence electrons. The molecule has 0 aliphatic carbocycles. The van der Waals surface area contributed by atoms with E-state index in [2.05, 4.69) is 29.9 Å². The number of aryl methyl sites for hydroxylation is 1. The van der Waals surface area contributed by atoms with E-state index in [1.807, 2.05) is 25.1 Å². The van der Waals surface area contributed by atoms with Crippen LogP contribution in [0.5, 0.6) is 5.75 Å². The maximum absolute atomic E-state index is 5.93. The van der Waals surface area contributed by atoms with E-state index in [1.54, 1.807) is 6.07 Å². The summed E-state index contributed by atoms with van der Waals surface area (Å²) in [6.07, 6.45) is 1.08. The number of aromatic nitrogens is 2. The lowest BCUT2D eigenvalue weighted by atomic mass is 9.98. The van der Waals surface area contributed by atoms with E-state index in [-0.39, 0.29) is 0 Å². The molecule has 0 spiro atoms. The molecule has 0 bridgehead atoms. The second-order valence-corrected chi connectivity index (χ2v) is 5.27. The number of rotatable bonds is 5. The van der Waals surface area contributed by atoms with Gasteiger partial charge in [-0.25, -0.2) is 9.97 Å². The highest BCUT2D eigenvalue weighted by atomic mass is 35.5. The standard InChI is InChI=1S/C16H19ClN2O/c1-4-11(2)13-7-5-6-8-14(13)20-10-16-18-12(3)9-15(17)19-16/h5-9,11H,4,10H2,1-3H3. The number of hydrogen-bond donors (Lipinski definition) is 0. The van der Waals surface area contributed by atoms with E-state index in [9.17, 15) is 0 Å². The smallest absolute Gasteiger partial charge is 0.167 e. The molecule has 1 heterocycles. The Balaban J connectivity index is 2.14. The van der Waals surface area contributed by atoms with Crippen molar-refractivity contribution < 1.29 is 4.74 Å². The van der Waals surface area contributed by atoms with Crippen molar-refractivity contribution in [3.63, 3.8) is 0 Å². The molecule has 1 aromatic carbocycles. The molecular formula is C16H19ClN2O. The number of nitrogens with zero attached hydrogens (tertiary/aromatic N) is 2. The second-order valence-electron chi connectivity index (χ2n) is 4.88. The average Bonchev–Trinajstić information content (AvgIpc) is 2.43. The Bertz CT molecular complexity index is 566. The van der Waals surface area contributed by atoms with Crippen molar-refractivity contribution in [2.45, 2.75) is 39.7 Å². The van der Waals surface area contributed by atoms with Gasteiger partial charge in [-0.3, -0.25) is 0 Å². The highest BCUT2D eigenvalue weighted by Crippen LogP contribution is 2.28. The molecule has 2 aromatic rings. The molecule has 1 atom stereocenters. The minimum Gasteiger partial charge on any atom is -0.485 e. The first-order chi connectivity index (χ1) is 9.60. The Labute approximate surface area is 125 Å². The van der Waals surface area contributed by atoms with Gasteiger partial charge < -0.3 is 4.74 Å². The van der Waals surface area contributed by atoms with Crippen LogP contribution in [-0.2, 0) is 6.61 Å². The van der Waals surface area contributed by atoms with Gasteiger partial charge in [0.1, 0.15) is 17.5 Å². The number of para-hydroxylation sites is 1. The van der Waals surface area contributed by atoms with Crippen LogP contribution in [0.4, 0.5) is 0 Å². The van der Waals surface area contributed by atoms with Crippen LogP contribution in [0.15, 0.2) is 30.3 Å². The Morgan fingerprint density at radius 3 is 2.70 bits per heavy atom. The van der Waals surface area contributed by atoms with Gasteiger partial charge in [-0.05, 0) is 37.0 Å². The molecule has 2 rings (SSSR count). The normalized spacial score (nSPS) is 12.2. The summed E-state index contributed by atoms with van der Waals surface area (Å²) in [6, 6.07) is 9.84. The summed E-state index contributed by atoms with van der Waals surface area (Å²) >= 11 is 5.93. The van der Waals surface area contributed by atoms with Crippen molar-refractivity contribution in [2.24, 2.45) is 0 Å². The number of benzene rings is 1. The van der Waals surface area contributed by atoms with Gasteiger partial charge in [-0.15, -0.1) is 0 Å². The molecule has 0 amide bonds. The first-order valence-corrected chi connectivity index (χ1v) is 7.19. The fourth-order valence-corrected chi connectivity index (χ4v) is 2.29. The van der Waals surface area contributed by atoms with Crippen molar-refractivity contribution in [3.05, 3.63) is 52.6 Å². The van der Waals surface area contributed by atoms with Crippen molar-refractivity contribution in [2.75, 3.05) is 0 Å². The molecule has 4 heteroatoms. The van der Waals surface area contributed by atoms with Gasteiger partial charge in [0, 0.05) is 5.69 Å². The summed E-state index contributed by atoms with van der Waals surface area (Å²) in [5, 5.41) is 0.450. The van der Waals surface area contributed by atoms with Crippen LogP contribution in [0, 0.1) is 6.92 Å². The zero-order valence-electron chi connectivity index (χ0n) is 12.1. The summed E-state index contributed by atoms with van der Waals surface area (Å²) in [7, 11) is 0. The molecule has 0 fully saturated rings. The summed E-state index contributed by atoms with van der Waals surface area (Å²) in [5.41, 5.74) is 2.06. The van der Waals surface area contributed by atoms with Gasteiger partial charge in [-0.1, -0.05) is 43.6 Å². The minimum atomic E-state index is 0.328. The van der Waals surface area contributed by atoms with Crippen LogP contribution in [0.3, 0.4) is 0 Å². The third-order valence-electron chi connectivity index (χ3n) is 3.29. The Morgan fingerprint density at radius 2 is 2.00 bits per heavy atom. The highest BCUT2D eigenvalue weighted by Gasteiger charge is 2.10. The molecule has 0 aliphatic heterocycles. The van der Waals surface area contributed by atoms with Crippen molar-refractivity contribution in [1.29, 1.82) is 0 Å². The zero-order chi connectivity index (χ0) is 14.5. The minimum absolute atomic E-state index is 0.328. The second kappa shape index (κ2) is 6.71. The molecule has 3 nitrogen and oxygen atoms in total. The lowest BCUT2D eigenvalue weighted by molar-refractivity contribution is 0.291. The molecular weight excluding hydrogens is 272 g/mol. The fourth-order valence-electron chi connectivity index (χ4n) is 2.03. The van der Waals surface area contributed by atoms with Gasteiger partial charge in [0.15, 0.2) is 5.82 Å². The van der Waals surface area contributed by atoms with Crippen LogP contribution < -0.4 is 4.74 Å². The molecule has 20 heavy (non-hydrogen) atoms. The van der Waals surface area contributed by atoms with Gasteiger partial charge in [-0.2, -0.15) is 0 Å². The average molecular weight is 291 g/mol. The molecule has 0 aliphatic rings. The van der Waals surface area contributed by atoms with Gasteiger partial charge in [0.05, 0.1) is 0 Å². The van der Waals surface area contributed by atoms with E-state index >= 15 is 0 Å². The van der Waals surface area contributed by atoms with Crippen LogP contribution in [0.1, 0.15) is 43.3 Å². The zero-order valence-corrected chi connectivity index (χ0v) is 12.8. The Morgan fingerprint density at radius 1 is 1.25 bits per heavy atom. The maximum Gasteiger partial charge on any atom is 0.167 e. The summed E-state index contributed by atoms with van der Waals surface area (Å²) < 4.78 is 5.87. The van der Waals surface area contributed by atoms with Gasteiger partial charge in [0.2, 0.25) is 0 Å². The molecule has 1 aromatic heterocycles. The summed E-state index contributed by atoms with van der Waals surface area (Å²) in [4.78, 5) is 8.50. The SMILES string of the molecule is CCC(C)c1ccccc1OCc1nc(C)cc(Cl)n1. The van der Waals surface area contributed by atoms with Crippen molar-refractivity contribution in [3.8, 4) is 5.75 Å². The van der Waals surface area contributed by atoms with E-state index in [0.29, 0.717) is 23.5 Å². The fraction of sp³-hybridized carbons (Fsp3) is 0.375. The maximum atomic E-state index is 5.93. The lowest BCUT2D eigenvalue weighted by Gasteiger charge is -2.15. The van der Waals surface area contributed by atoms with E-state index < -0.39 is 0 Å². The monoisotopic (exact) mass is 290 g/mol.